The normalized spacial score (nSPS) is 16.6. The number of aromatic nitrogens is 3. The second kappa shape index (κ2) is 10.4. The van der Waals surface area contributed by atoms with Gasteiger partial charge in [-0.15, -0.1) is 45.5 Å². The van der Waals surface area contributed by atoms with Gasteiger partial charge in [-0.3, -0.25) is 0 Å². The first-order valence-electron chi connectivity index (χ1n) is 9.29. The van der Waals surface area contributed by atoms with Gasteiger partial charge in [-0.2, -0.15) is 0 Å². The van der Waals surface area contributed by atoms with Gasteiger partial charge in [0.15, 0.2) is 11.8 Å². The largest absolute Gasteiger partial charge is 0.383 e. The van der Waals surface area contributed by atoms with Gasteiger partial charge >= 0.3 is 0 Å². The standard InChI is InChI=1S/C18H28N6OS.HI/c1-3-19-17(21-13-18(2,25)14-8-7-11-26-14)20-12-16-23-22-15-9-5-4-6-10-24(15)16;/h7-8,11,25H,3-6,9-10,12-13H2,1-2H3,(H2,19,20,21);1H. The van der Waals surface area contributed by atoms with E-state index >= 15 is 0 Å². The van der Waals surface area contributed by atoms with E-state index in [1.807, 2.05) is 31.4 Å². The molecular formula is C18H29IN6OS. The van der Waals surface area contributed by atoms with Crippen molar-refractivity contribution in [3.05, 3.63) is 34.0 Å². The van der Waals surface area contributed by atoms with Gasteiger partial charge in [0.05, 0.1) is 6.54 Å². The molecule has 2 aromatic rings. The Hall–Kier alpha value is -1.20. The van der Waals surface area contributed by atoms with E-state index in [1.165, 1.54) is 19.3 Å². The molecule has 0 saturated heterocycles. The molecule has 0 bridgehead atoms. The molecule has 1 aliphatic heterocycles. The molecule has 0 saturated carbocycles. The van der Waals surface area contributed by atoms with Crippen molar-refractivity contribution >= 4 is 41.3 Å². The molecule has 27 heavy (non-hydrogen) atoms. The molecule has 0 spiro atoms. The maximum atomic E-state index is 10.7. The summed E-state index contributed by atoms with van der Waals surface area (Å²) in [5.41, 5.74) is -0.934. The zero-order chi connectivity index (χ0) is 18.4. The number of aliphatic imine (C=N–C) groups is 1. The number of guanidine groups is 1. The average molecular weight is 504 g/mol. The summed E-state index contributed by atoms with van der Waals surface area (Å²) < 4.78 is 2.21. The minimum absolute atomic E-state index is 0. The Balaban J connectivity index is 0.00000261. The Labute approximate surface area is 181 Å². The third-order valence-electron chi connectivity index (χ3n) is 4.56. The van der Waals surface area contributed by atoms with Crippen LogP contribution < -0.4 is 10.6 Å². The monoisotopic (exact) mass is 504 g/mol. The number of aryl methyl sites for hydroxylation is 1. The predicted octanol–water partition coefficient (Wildman–Crippen LogP) is 2.65. The number of nitrogens with one attached hydrogen (secondary N) is 2. The molecule has 7 nitrogen and oxygen atoms in total. The van der Waals surface area contributed by atoms with Gasteiger partial charge < -0.3 is 20.3 Å². The van der Waals surface area contributed by atoms with E-state index < -0.39 is 5.60 Å². The Morgan fingerprint density at radius 3 is 2.93 bits per heavy atom. The number of halogens is 1. The quantitative estimate of drug-likeness (QED) is 0.320. The van der Waals surface area contributed by atoms with E-state index in [-0.39, 0.29) is 24.0 Å². The lowest BCUT2D eigenvalue weighted by molar-refractivity contribution is 0.0655. The molecule has 9 heteroatoms. The van der Waals surface area contributed by atoms with E-state index in [9.17, 15) is 5.11 Å². The molecule has 0 aliphatic carbocycles. The fourth-order valence-corrected chi connectivity index (χ4v) is 3.87. The third-order valence-corrected chi connectivity index (χ3v) is 5.68. The third kappa shape index (κ3) is 5.89. The zero-order valence-electron chi connectivity index (χ0n) is 15.9. The molecule has 3 N–H and O–H groups in total. The topological polar surface area (TPSA) is 87.4 Å². The Morgan fingerprint density at radius 2 is 2.19 bits per heavy atom. The van der Waals surface area contributed by atoms with Crippen molar-refractivity contribution in [3.63, 3.8) is 0 Å². The highest BCUT2D eigenvalue weighted by molar-refractivity contribution is 14.0. The molecule has 0 fully saturated rings. The number of nitrogens with zero attached hydrogens (tertiary/aromatic N) is 4. The fourth-order valence-electron chi connectivity index (χ4n) is 3.08. The van der Waals surface area contributed by atoms with E-state index in [2.05, 4.69) is 30.4 Å². The summed E-state index contributed by atoms with van der Waals surface area (Å²) in [6.07, 6.45) is 4.60. The summed E-state index contributed by atoms with van der Waals surface area (Å²) in [5.74, 6) is 2.66. The van der Waals surface area contributed by atoms with Crippen LogP contribution in [0, 0.1) is 0 Å². The van der Waals surface area contributed by atoms with E-state index in [0.717, 1.165) is 36.0 Å². The summed E-state index contributed by atoms with van der Waals surface area (Å²) in [7, 11) is 0. The van der Waals surface area contributed by atoms with Crippen LogP contribution in [0.5, 0.6) is 0 Å². The molecule has 3 heterocycles. The van der Waals surface area contributed by atoms with Gasteiger partial charge in [0, 0.05) is 24.4 Å². The van der Waals surface area contributed by atoms with Crippen molar-refractivity contribution in [2.75, 3.05) is 13.1 Å². The van der Waals surface area contributed by atoms with Crippen LogP contribution in [0.2, 0.25) is 0 Å². The van der Waals surface area contributed by atoms with Gasteiger partial charge in [0.2, 0.25) is 0 Å². The predicted molar refractivity (Wildman–Crippen MR) is 120 cm³/mol. The molecule has 150 valence electrons. The molecule has 1 unspecified atom stereocenters. The molecule has 0 aromatic carbocycles. The molecule has 2 aromatic heterocycles. The summed E-state index contributed by atoms with van der Waals surface area (Å²) in [6.45, 7) is 6.43. The van der Waals surface area contributed by atoms with Crippen molar-refractivity contribution in [2.24, 2.45) is 4.99 Å². The zero-order valence-corrected chi connectivity index (χ0v) is 19.1. The number of fused-ring (bicyclic) bond motifs is 1. The first kappa shape index (κ1) is 22.1. The fraction of sp³-hybridized carbons (Fsp3) is 0.611. The Kier molecular flexibility index (Phi) is 8.49. The van der Waals surface area contributed by atoms with Gasteiger partial charge in [-0.25, -0.2) is 4.99 Å². The van der Waals surface area contributed by atoms with Crippen molar-refractivity contribution in [2.45, 2.75) is 58.2 Å². The first-order valence-corrected chi connectivity index (χ1v) is 10.2. The average Bonchev–Trinajstić information content (AvgIpc) is 3.24. The van der Waals surface area contributed by atoms with Crippen LogP contribution in [0.15, 0.2) is 22.5 Å². The number of hydrogen-bond donors (Lipinski definition) is 3. The summed E-state index contributed by atoms with van der Waals surface area (Å²) in [4.78, 5) is 5.58. The SMILES string of the molecule is CCNC(=NCc1nnc2n1CCCCC2)NCC(C)(O)c1cccs1.I. The van der Waals surface area contributed by atoms with E-state index in [4.69, 9.17) is 0 Å². The lowest BCUT2D eigenvalue weighted by atomic mass is 10.1. The van der Waals surface area contributed by atoms with E-state index in [1.54, 1.807) is 11.3 Å². The van der Waals surface area contributed by atoms with Crippen molar-refractivity contribution in [3.8, 4) is 0 Å². The molecule has 1 aliphatic rings. The Bertz CT molecular complexity index is 728. The Morgan fingerprint density at radius 1 is 1.33 bits per heavy atom. The van der Waals surface area contributed by atoms with Crippen molar-refractivity contribution < 1.29 is 5.11 Å². The smallest absolute Gasteiger partial charge is 0.191 e. The molecule has 0 radical (unpaired) electrons. The summed E-state index contributed by atoms with van der Waals surface area (Å²) >= 11 is 1.55. The minimum Gasteiger partial charge on any atom is -0.383 e. The second-order valence-electron chi connectivity index (χ2n) is 6.79. The second-order valence-corrected chi connectivity index (χ2v) is 7.74. The van der Waals surface area contributed by atoms with Crippen LogP contribution in [0.25, 0.3) is 0 Å². The van der Waals surface area contributed by atoms with E-state index in [0.29, 0.717) is 19.0 Å². The summed E-state index contributed by atoms with van der Waals surface area (Å²) in [6, 6.07) is 3.90. The van der Waals surface area contributed by atoms with Gasteiger partial charge in [-0.1, -0.05) is 12.5 Å². The highest BCUT2D eigenvalue weighted by atomic mass is 127. The molecule has 0 amide bonds. The molecule has 3 rings (SSSR count). The van der Waals surface area contributed by atoms with Crippen molar-refractivity contribution in [1.29, 1.82) is 0 Å². The number of thiophene rings is 1. The highest BCUT2D eigenvalue weighted by Gasteiger charge is 2.24. The van der Waals surface area contributed by atoms with Crippen LogP contribution in [-0.4, -0.2) is 38.9 Å². The minimum atomic E-state index is -0.934. The number of aliphatic hydroxyl groups is 1. The van der Waals surface area contributed by atoms with Crippen LogP contribution in [-0.2, 0) is 25.1 Å². The first-order chi connectivity index (χ1) is 12.6. The highest BCUT2D eigenvalue weighted by Crippen LogP contribution is 2.24. The molecular weight excluding hydrogens is 475 g/mol. The molecule has 1 atom stereocenters. The van der Waals surface area contributed by atoms with Crippen LogP contribution in [0.1, 0.15) is 49.6 Å². The van der Waals surface area contributed by atoms with Crippen LogP contribution >= 0.6 is 35.3 Å². The lowest BCUT2D eigenvalue weighted by Crippen LogP contribution is -2.44. The maximum absolute atomic E-state index is 10.7. The summed E-state index contributed by atoms with van der Waals surface area (Å²) in [5, 5.41) is 27.8. The van der Waals surface area contributed by atoms with Crippen LogP contribution in [0.4, 0.5) is 0 Å². The van der Waals surface area contributed by atoms with Gasteiger partial charge in [0.1, 0.15) is 18.0 Å². The number of hydrogen-bond acceptors (Lipinski definition) is 5. The van der Waals surface area contributed by atoms with Crippen molar-refractivity contribution in [1.82, 2.24) is 25.4 Å². The van der Waals surface area contributed by atoms with Crippen LogP contribution in [0.3, 0.4) is 0 Å². The maximum Gasteiger partial charge on any atom is 0.191 e. The lowest BCUT2D eigenvalue weighted by Gasteiger charge is -2.23. The van der Waals surface area contributed by atoms with Gasteiger partial charge in [-0.05, 0) is 38.1 Å². The number of rotatable bonds is 6. The van der Waals surface area contributed by atoms with Gasteiger partial charge in [0.25, 0.3) is 0 Å².